The van der Waals surface area contributed by atoms with E-state index in [4.69, 9.17) is 4.74 Å². The number of nitrogens with one attached hydrogen (secondary N) is 2. The van der Waals surface area contributed by atoms with E-state index in [-0.39, 0.29) is 11.9 Å². The average molecular weight is 344 g/mol. The fourth-order valence-corrected chi connectivity index (χ4v) is 2.84. The monoisotopic (exact) mass is 344 g/mol. The molecule has 0 aromatic heterocycles. The predicted octanol–water partition coefficient (Wildman–Crippen LogP) is 3.67. The highest BCUT2D eigenvalue weighted by Gasteiger charge is 2.07. The largest absolute Gasteiger partial charge is 0.462 e. The van der Waals surface area contributed by atoms with Crippen LogP contribution in [0.25, 0.3) is 0 Å². The molecular weight excluding hydrogens is 316 g/mol. The second-order valence-corrected chi connectivity index (χ2v) is 6.18. The molecule has 0 aliphatic heterocycles. The van der Waals surface area contributed by atoms with Crippen LogP contribution < -0.4 is 10.6 Å². The molecule has 2 rings (SSSR count). The van der Waals surface area contributed by atoms with Crippen molar-refractivity contribution in [1.29, 1.82) is 0 Å². The lowest BCUT2D eigenvalue weighted by Gasteiger charge is -2.13. The zero-order valence-corrected chi connectivity index (χ0v) is 15.0. The van der Waals surface area contributed by atoms with E-state index >= 15 is 0 Å². The Hall–Kier alpha value is -2.30. The van der Waals surface area contributed by atoms with Gasteiger partial charge in [-0.25, -0.2) is 4.79 Å². The van der Waals surface area contributed by atoms with Gasteiger partial charge in [-0.05, 0) is 63.3 Å². The van der Waals surface area contributed by atoms with Crippen molar-refractivity contribution >= 4 is 17.6 Å². The molecule has 0 unspecified atom stereocenters. The summed E-state index contributed by atoms with van der Waals surface area (Å²) < 4.78 is 4.95. The highest BCUT2D eigenvalue weighted by Crippen LogP contribution is 2.19. The molecule has 2 N–H and O–H groups in total. The molecule has 0 fully saturated rings. The van der Waals surface area contributed by atoms with Gasteiger partial charge in [0.25, 0.3) is 0 Å². The Labute approximate surface area is 149 Å². The first-order valence-electron chi connectivity index (χ1n) is 9.14. The maximum Gasteiger partial charge on any atom is 0.338 e. The Morgan fingerprint density at radius 1 is 1.12 bits per heavy atom. The van der Waals surface area contributed by atoms with Gasteiger partial charge in [0.2, 0.25) is 5.91 Å². The Bertz CT molecular complexity index is 593. The van der Waals surface area contributed by atoms with Crippen molar-refractivity contribution in [2.24, 2.45) is 0 Å². The maximum absolute atomic E-state index is 11.9. The van der Waals surface area contributed by atoms with Crippen LogP contribution in [0.3, 0.4) is 0 Å². The maximum atomic E-state index is 11.9. The second-order valence-electron chi connectivity index (χ2n) is 6.18. The van der Waals surface area contributed by atoms with E-state index in [0.717, 1.165) is 18.7 Å². The molecule has 1 aliphatic rings. The normalized spacial score (nSPS) is 13.7. The van der Waals surface area contributed by atoms with E-state index < -0.39 is 0 Å². The van der Waals surface area contributed by atoms with Crippen molar-refractivity contribution in [3.05, 3.63) is 41.5 Å². The summed E-state index contributed by atoms with van der Waals surface area (Å²) in [5.41, 5.74) is 2.89. The first-order valence-corrected chi connectivity index (χ1v) is 9.14. The molecule has 1 amide bonds. The molecule has 0 atom stereocenters. The number of amides is 1. The van der Waals surface area contributed by atoms with Gasteiger partial charge in [-0.2, -0.15) is 0 Å². The Kier molecular flexibility index (Phi) is 8.02. The van der Waals surface area contributed by atoms with Gasteiger partial charge in [-0.15, -0.1) is 0 Å². The van der Waals surface area contributed by atoms with Crippen LogP contribution in [-0.4, -0.2) is 31.6 Å². The Morgan fingerprint density at radius 3 is 2.60 bits per heavy atom. The van der Waals surface area contributed by atoms with Crippen molar-refractivity contribution in [1.82, 2.24) is 5.32 Å². The minimum absolute atomic E-state index is 0.0621. The standard InChI is InChI=1S/C20H28N2O3/c1-2-25-20(24)17-8-10-18(11-9-17)21-15-13-19(23)22-14-12-16-6-4-3-5-7-16/h6,8-11,21H,2-5,7,12-15H2,1H3,(H,22,23). The first kappa shape index (κ1) is 19.0. The molecule has 5 nitrogen and oxygen atoms in total. The number of carbonyl (C=O) groups is 2. The minimum Gasteiger partial charge on any atom is -0.462 e. The zero-order chi connectivity index (χ0) is 17.9. The molecule has 5 heteroatoms. The zero-order valence-electron chi connectivity index (χ0n) is 15.0. The lowest BCUT2D eigenvalue weighted by Crippen LogP contribution is -2.26. The van der Waals surface area contributed by atoms with Crippen LogP contribution >= 0.6 is 0 Å². The summed E-state index contributed by atoms with van der Waals surface area (Å²) >= 11 is 0. The van der Waals surface area contributed by atoms with E-state index in [1.54, 1.807) is 19.1 Å². The highest BCUT2D eigenvalue weighted by atomic mass is 16.5. The van der Waals surface area contributed by atoms with Gasteiger partial charge in [-0.1, -0.05) is 11.6 Å². The van der Waals surface area contributed by atoms with Crippen molar-refractivity contribution in [3.8, 4) is 0 Å². The number of allylic oxidation sites excluding steroid dienone is 1. The molecule has 0 bridgehead atoms. The smallest absolute Gasteiger partial charge is 0.338 e. The van der Waals surface area contributed by atoms with Gasteiger partial charge >= 0.3 is 5.97 Å². The molecule has 0 saturated carbocycles. The topological polar surface area (TPSA) is 67.4 Å². The summed E-state index contributed by atoms with van der Waals surface area (Å²) in [7, 11) is 0. The number of esters is 1. The quantitative estimate of drug-likeness (QED) is 0.530. The van der Waals surface area contributed by atoms with Gasteiger partial charge in [0.1, 0.15) is 0 Å². The molecule has 0 spiro atoms. The third-order valence-corrected chi connectivity index (χ3v) is 4.23. The fourth-order valence-electron chi connectivity index (χ4n) is 2.84. The number of rotatable bonds is 9. The van der Waals surface area contributed by atoms with E-state index in [1.165, 1.54) is 31.3 Å². The van der Waals surface area contributed by atoms with Crippen molar-refractivity contribution in [3.63, 3.8) is 0 Å². The Morgan fingerprint density at radius 2 is 1.92 bits per heavy atom. The number of hydrogen-bond donors (Lipinski definition) is 2. The Balaban J connectivity index is 1.62. The minimum atomic E-state index is -0.318. The molecule has 25 heavy (non-hydrogen) atoms. The van der Waals surface area contributed by atoms with Crippen LogP contribution in [0.5, 0.6) is 0 Å². The molecular formula is C20H28N2O3. The van der Waals surface area contributed by atoms with E-state index in [2.05, 4.69) is 16.7 Å². The van der Waals surface area contributed by atoms with Gasteiger partial charge in [0.05, 0.1) is 12.2 Å². The van der Waals surface area contributed by atoms with Crippen LogP contribution in [0, 0.1) is 0 Å². The molecule has 1 aromatic carbocycles. The lowest BCUT2D eigenvalue weighted by atomic mass is 9.97. The van der Waals surface area contributed by atoms with Crippen LogP contribution in [-0.2, 0) is 9.53 Å². The van der Waals surface area contributed by atoms with Gasteiger partial charge in [-0.3, -0.25) is 4.79 Å². The number of benzene rings is 1. The number of carbonyl (C=O) groups excluding carboxylic acids is 2. The van der Waals surface area contributed by atoms with Crippen molar-refractivity contribution in [2.45, 2.75) is 45.4 Å². The molecule has 1 aromatic rings. The van der Waals surface area contributed by atoms with E-state index in [9.17, 15) is 9.59 Å². The summed E-state index contributed by atoms with van der Waals surface area (Å²) in [6, 6.07) is 7.08. The summed E-state index contributed by atoms with van der Waals surface area (Å²) in [6.07, 6.45) is 8.65. The van der Waals surface area contributed by atoms with Crippen LogP contribution in [0.2, 0.25) is 0 Å². The van der Waals surface area contributed by atoms with Gasteiger partial charge in [0, 0.05) is 25.2 Å². The molecule has 0 radical (unpaired) electrons. The summed E-state index contributed by atoms with van der Waals surface area (Å²) in [4.78, 5) is 23.4. The number of ether oxygens (including phenoxy) is 1. The molecule has 136 valence electrons. The average Bonchev–Trinajstić information content (AvgIpc) is 2.63. The summed E-state index contributed by atoms with van der Waals surface area (Å²) in [6.45, 7) is 3.43. The third kappa shape index (κ3) is 6.99. The van der Waals surface area contributed by atoms with Crippen molar-refractivity contribution in [2.75, 3.05) is 25.0 Å². The van der Waals surface area contributed by atoms with E-state index in [1.807, 2.05) is 12.1 Å². The third-order valence-electron chi connectivity index (χ3n) is 4.23. The predicted molar refractivity (Wildman–Crippen MR) is 99.7 cm³/mol. The van der Waals surface area contributed by atoms with Crippen LogP contribution in [0.15, 0.2) is 35.9 Å². The van der Waals surface area contributed by atoms with Gasteiger partial charge < -0.3 is 15.4 Å². The fraction of sp³-hybridized carbons (Fsp3) is 0.500. The molecule has 0 saturated heterocycles. The van der Waals surface area contributed by atoms with Crippen molar-refractivity contribution < 1.29 is 14.3 Å². The number of hydrogen-bond acceptors (Lipinski definition) is 4. The summed E-state index contributed by atoms with van der Waals surface area (Å²) in [5.74, 6) is -0.256. The summed E-state index contributed by atoms with van der Waals surface area (Å²) in [5, 5.41) is 6.16. The first-order chi connectivity index (χ1) is 12.2. The molecule has 1 aliphatic carbocycles. The van der Waals surface area contributed by atoms with E-state index in [0.29, 0.717) is 25.1 Å². The SMILES string of the molecule is CCOC(=O)c1ccc(NCCC(=O)NCCC2=CCCCC2)cc1. The second kappa shape index (κ2) is 10.5. The molecule has 0 heterocycles. The highest BCUT2D eigenvalue weighted by molar-refractivity contribution is 5.89. The van der Waals surface area contributed by atoms with Crippen LogP contribution in [0.1, 0.15) is 55.8 Å². The lowest BCUT2D eigenvalue weighted by molar-refractivity contribution is -0.120. The van der Waals surface area contributed by atoms with Gasteiger partial charge in [0.15, 0.2) is 0 Å². The van der Waals surface area contributed by atoms with Crippen LogP contribution in [0.4, 0.5) is 5.69 Å². The number of anilines is 1.